The lowest BCUT2D eigenvalue weighted by atomic mass is 10.1. The average molecular weight is 253 g/mol. The number of carboxylic acids is 1. The zero-order chi connectivity index (χ0) is 13.7. The second-order valence-electron chi connectivity index (χ2n) is 3.93. The van der Waals surface area contributed by atoms with Gasteiger partial charge in [0.2, 0.25) is 0 Å². The first-order valence-electron chi connectivity index (χ1n) is 5.56. The molecule has 1 atom stereocenters. The first-order chi connectivity index (χ1) is 8.45. The van der Waals surface area contributed by atoms with E-state index in [1.54, 1.807) is 6.92 Å². The molecule has 1 rings (SSSR count). The zero-order valence-electron chi connectivity index (χ0n) is 10.3. The fourth-order valence-corrected chi connectivity index (χ4v) is 1.43. The van der Waals surface area contributed by atoms with Gasteiger partial charge in [-0.05, 0) is 13.0 Å². The van der Waals surface area contributed by atoms with Gasteiger partial charge in [0.15, 0.2) is 0 Å². The van der Waals surface area contributed by atoms with Crippen LogP contribution in [-0.2, 0) is 4.79 Å². The van der Waals surface area contributed by atoms with Gasteiger partial charge < -0.3 is 14.4 Å². The number of aliphatic carboxylic acids is 1. The first-order valence-corrected chi connectivity index (χ1v) is 5.56. The van der Waals surface area contributed by atoms with Crippen LogP contribution in [0.3, 0.4) is 0 Å². The van der Waals surface area contributed by atoms with Crippen molar-refractivity contribution in [1.82, 2.24) is 4.90 Å². The molecule has 1 N–H and O–H groups in total. The van der Waals surface area contributed by atoms with Crippen LogP contribution < -0.4 is 5.63 Å². The minimum absolute atomic E-state index is 0.115. The quantitative estimate of drug-likeness (QED) is 0.839. The van der Waals surface area contributed by atoms with Gasteiger partial charge in [-0.3, -0.25) is 9.59 Å². The highest BCUT2D eigenvalue weighted by Crippen LogP contribution is 2.06. The van der Waals surface area contributed by atoms with Crippen molar-refractivity contribution in [3.05, 3.63) is 34.4 Å². The van der Waals surface area contributed by atoms with Crippen molar-refractivity contribution in [2.24, 2.45) is 5.92 Å². The number of rotatable bonds is 5. The SMILES string of the molecule is CCN(CC(C)C(=O)O)C(=O)c1ccc(=O)oc1. The predicted molar refractivity (Wildman–Crippen MR) is 63.4 cm³/mol. The number of carboxylic acid groups (broad SMARTS) is 1. The molecule has 18 heavy (non-hydrogen) atoms. The Morgan fingerprint density at radius 3 is 2.56 bits per heavy atom. The van der Waals surface area contributed by atoms with Crippen LogP contribution in [0.1, 0.15) is 24.2 Å². The number of carbonyl (C=O) groups excluding carboxylic acids is 1. The molecule has 0 fully saturated rings. The minimum Gasteiger partial charge on any atom is -0.481 e. The van der Waals surface area contributed by atoms with Crippen molar-refractivity contribution in [1.29, 1.82) is 0 Å². The van der Waals surface area contributed by atoms with E-state index in [-0.39, 0.29) is 18.0 Å². The zero-order valence-corrected chi connectivity index (χ0v) is 10.3. The summed E-state index contributed by atoms with van der Waals surface area (Å²) in [4.78, 5) is 35.0. The Morgan fingerprint density at radius 2 is 2.11 bits per heavy atom. The van der Waals surface area contributed by atoms with E-state index in [1.165, 1.54) is 17.9 Å². The maximum absolute atomic E-state index is 12.0. The third-order valence-electron chi connectivity index (χ3n) is 2.53. The van der Waals surface area contributed by atoms with E-state index in [9.17, 15) is 14.4 Å². The summed E-state index contributed by atoms with van der Waals surface area (Å²) in [7, 11) is 0. The Morgan fingerprint density at radius 1 is 1.44 bits per heavy atom. The molecule has 0 saturated carbocycles. The van der Waals surface area contributed by atoms with Gasteiger partial charge in [0.25, 0.3) is 5.91 Å². The van der Waals surface area contributed by atoms with E-state index in [2.05, 4.69) is 4.42 Å². The summed E-state index contributed by atoms with van der Waals surface area (Å²) in [6, 6.07) is 2.52. The van der Waals surface area contributed by atoms with Gasteiger partial charge in [0, 0.05) is 19.2 Å². The molecule has 6 heteroatoms. The van der Waals surface area contributed by atoms with E-state index in [4.69, 9.17) is 5.11 Å². The molecule has 0 aliphatic rings. The fraction of sp³-hybridized carbons (Fsp3) is 0.417. The third-order valence-corrected chi connectivity index (χ3v) is 2.53. The predicted octanol–water partition coefficient (Wildman–Crippen LogP) is 0.823. The highest BCUT2D eigenvalue weighted by Gasteiger charge is 2.20. The van der Waals surface area contributed by atoms with Crippen molar-refractivity contribution >= 4 is 11.9 Å². The van der Waals surface area contributed by atoms with Crippen LogP contribution >= 0.6 is 0 Å². The molecule has 0 aromatic carbocycles. The largest absolute Gasteiger partial charge is 0.481 e. The highest BCUT2D eigenvalue weighted by molar-refractivity contribution is 5.93. The van der Waals surface area contributed by atoms with E-state index in [1.807, 2.05) is 0 Å². The molecule has 1 amide bonds. The van der Waals surface area contributed by atoms with E-state index in [0.29, 0.717) is 6.54 Å². The normalized spacial score (nSPS) is 11.9. The maximum Gasteiger partial charge on any atom is 0.335 e. The van der Waals surface area contributed by atoms with E-state index < -0.39 is 17.5 Å². The third kappa shape index (κ3) is 3.44. The second-order valence-corrected chi connectivity index (χ2v) is 3.93. The van der Waals surface area contributed by atoms with Gasteiger partial charge >= 0.3 is 11.6 Å². The Hall–Kier alpha value is -2.11. The van der Waals surface area contributed by atoms with Crippen LogP contribution in [0.5, 0.6) is 0 Å². The number of amides is 1. The Bertz CT molecular complexity index is 473. The van der Waals surface area contributed by atoms with Gasteiger partial charge in [-0.25, -0.2) is 4.79 Å². The summed E-state index contributed by atoms with van der Waals surface area (Å²) in [6.07, 6.45) is 1.08. The van der Waals surface area contributed by atoms with Crippen molar-refractivity contribution in [2.45, 2.75) is 13.8 Å². The van der Waals surface area contributed by atoms with Crippen LogP contribution in [0.15, 0.2) is 27.6 Å². The van der Waals surface area contributed by atoms with Crippen molar-refractivity contribution in [2.75, 3.05) is 13.1 Å². The van der Waals surface area contributed by atoms with Crippen molar-refractivity contribution < 1.29 is 19.1 Å². The minimum atomic E-state index is -0.958. The Balaban J connectivity index is 2.82. The smallest absolute Gasteiger partial charge is 0.335 e. The summed E-state index contributed by atoms with van der Waals surface area (Å²) in [6.45, 7) is 3.79. The van der Waals surface area contributed by atoms with Gasteiger partial charge in [-0.15, -0.1) is 0 Å². The summed E-state index contributed by atoms with van der Waals surface area (Å²) in [5.41, 5.74) is -0.303. The number of hydrogen-bond donors (Lipinski definition) is 1. The summed E-state index contributed by atoms with van der Waals surface area (Å²) < 4.78 is 4.61. The lowest BCUT2D eigenvalue weighted by molar-refractivity contribution is -0.141. The molecular formula is C12H15NO5. The molecule has 0 saturated heterocycles. The number of nitrogens with zero attached hydrogens (tertiary/aromatic N) is 1. The summed E-state index contributed by atoms with van der Waals surface area (Å²) >= 11 is 0. The molecule has 1 aromatic rings. The average Bonchev–Trinajstić information content (AvgIpc) is 2.35. The molecule has 0 aliphatic heterocycles. The van der Waals surface area contributed by atoms with Crippen LogP contribution in [0, 0.1) is 5.92 Å². The standard InChI is InChI=1S/C12H15NO5/c1-3-13(6-8(2)12(16)17)11(15)9-4-5-10(14)18-7-9/h4-5,7-8H,3,6H2,1-2H3,(H,16,17). The Labute approximate surface area is 104 Å². The second kappa shape index (κ2) is 6.00. The monoisotopic (exact) mass is 253 g/mol. The lowest BCUT2D eigenvalue weighted by Crippen LogP contribution is -2.36. The molecule has 98 valence electrons. The molecule has 1 heterocycles. The summed E-state index contributed by atoms with van der Waals surface area (Å²) in [5.74, 6) is -1.96. The van der Waals surface area contributed by atoms with Crippen molar-refractivity contribution in [3.8, 4) is 0 Å². The molecule has 6 nitrogen and oxygen atoms in total. The number of carbonyl (C=O) groups is 2. The van der Waals surface area contributed by atoms with Crippen LogP contribution in [0.2, 0.25) is 0 Å². The van der Waals surface area contributed by atoms with Crippen LogP contribution in [-0.4, -0.2) is 35.0 Å². The maximum atomic E-state index is 12.0. The number of hydrogen-bond acceptors (Lipinski definition) is 4. The molecule has 0 spiro atoms. The van der Waals surface area contributed by atoms with E-state index >= 15 is 0 Å². The van der Waals surface area contributed by atoms with E-state index in [0.717, 1.165) is 12.3 Å². The van der Waals surface area contributed by atoms with Crippen LogP contribution in [0.25, 0.3) is 0 Å². The van der Waals surface area contributed by atoms with Crippen molar-refractivity contribution in [3.63, 3.8) is 0 Å². The topological polar surface area (TPSA) is 87.8 Å². The molecular weight excluding hydrogens is 238 g/mol. The summed E-state index contributed by atoms with van der Waals surface area (Å²) in [5, 5.41) is 8.82. The first kappa shape index (κ1) is 14.0. The van der Waals surface area contributed by atoms with Gasteiger partial charge in [0.05, 0.1) is 11.5 Å². The molecule has 0 aliphatic carbocycles. The molecule has 0 bridgehead atoms. The molecule has 1 aromatic heterocycles. The van der Waals surface area contributed by atoms with Gasteiger partial charge in [-0.1, -0.05) is 6.92 Å². The molecule has 0 radical (unpaired) electrons. The Kier molecular flexibility index (Phi) is 4.65. The van der Waals surface area contributed by atoms with Crippen LogP contribution in [0.4, 0.5) is 0 Å². The van der Waals surface area contributed by atoms with Gasteiger partial charge in [0.1, 0.15) is 6.26 Å². The fourth-order valence-electron chi connectivity index (χ4n) is 1.43. The highest BCUT2D eigenvalue weighted by atomic mass is 16.4. The molecule has 1 unspecified atom stereocenters. The lowest BCUT2D eigenvalue weighted by Gasteiger charge is -2.22. The van der Waals surface area contributed by atoms with Gasteiger partial charge in [-0.2, -0.15) is 0 Å².